The second-order valence-electron chi connectivity index (χ2n) is 5.36. The van der Waals surface area contributed by atoms with E-state index in [0.29, 0.717) is 10.7 Å². The predicted molar refractivity (Wildman–Crippen MR) is 93.1 cm³/mol. The molecule has 2 aromatic rings. The first-order valence-corrected chi connectivity index (χ1v) is 8.24. The van der Waals surface area contributed by atoms with Crippen molar-refractivity contribution in [3.63, 3.8) is 0 Å². The lowest BCUT2D eigenvalue weighted by atomic mass is 9.87. The van der Waals surface area contributed by atoms with Crippen molar-refractivity contribution < 1.29 is 19.1 Å². The summed E-state index contributed by atoms with van der Waals surface area (Å²) in [5, 5.41) is 0.616. The van der Waals surface area contributed by atoms with Crippen LogP contribution in [0.5, 0.6) is 0 Å². The highest BCUT2D eigenvalue weighted by molar-refractivity contribution is 6.30. The van der Waals surface area contributed by atoms with E-state index in [1.165, 1.54) is 19.3 Å². The van der Waals surface area contributed by atoms with E-state index in [2.05, 4.69) is 9.97 Å². The lowest BCUT2D eigenvalue weighted by molar-refractivity contribution is -0.164. The zero-order chi connectivity index (χ0) is 18.4. The first-order chi connectivity index (χ1) is 11.9. The van der Waals surface area contributed by atoms with E-state index in [1.807, 2.05) is 12.1 Å². The Hall–Kier alpha value is -2.47. The lowest BCUT2D eigenvalue weighted by Gasteiger charge is -2.24. The molecule has 0 saturated carbocycles. The molecule has 1 heterocycles. The van der Waals surface area contributed by atoms with Crippen LogP contribution in [0.3, 0.4) is 0 Å². The van der Waals surface area contributed by atoms with Crippen molar-refractivity contribution >= 4 is 23.5 Å². The average molecular weight is 363 g/mol. The Labute approximate surface area is 151 Å². The molecule has 132 valence electrons. The van der Waals surface area contributed by atoms with Gasteiger partial charge >= 0.3 is 11.9 Å². The molecule has 2 rings (SSSR count). The topological polar surface area (TPSA) is 78.4 Å². The van der Waals surface area contributed by atoms with Gasteiger partial charge in [-0.05, 0) is 32.9 Å². The molecular formula is C18H19ClN2O4. The maximum atomic E-state index is 12.4. The monoisotopic (exact) mass is 362 g/mol. The summed E-state index contributed by atoms with van der Waals surface area (Å²) in [6.07, 6.45) is 2.88. The van der Waals surface area contributed by atoms with Crippen molar-refractivity contribution in [2.75, 3.05) is 13.2 Å². The molecule has 0 N–H and O–H groups in total. The maximum absolute atomic E-state index is 12.4. The normalized spacial score (nSPS) is 11.0. The van der Waals surface area contributed by atoms with Crippen molar-refractivity contribution in [2.45, 2.75) is 26.2 Å². The van der Waals surface area contributed by atoms with Crippen molar-refractivity contribution in [2.24, 2.45) is 0 Å². The Morgan fingerprint density at radius 2 is 1.56 bits per heavy atom. The zero-order valence-corrected chi connectivity index (χ0v) is 15.0. The maximum Gasteiger partial charge on any atom is 0.329 e. The molecule has 0 unspecified atom stereocenters. The molecule has 0 amide bonds. The van der Waals surface area contributed by atoms with E-state index in [0.717, 1.165) is 5.56 Å². The fourth-order valence-corrected chi connectivity index (χ4v) is 2.33. The summed E-state index contributed by atoms with van der Waals surface area (Å²) < 4.78 is 10.1. The second kappa shape index (κ2) is 8.07. The predicted octanol–water partition coefficient (Wildman–Crippen LogP) is 3.18. The third-order valence-corrected chi connectivity index (χ3v) is 3.92. The number of hydrogen-bond acceptors (Lipinski definition) is 6. The van der Waals surface area contributed by atoms with E-state index in [4.69, 9.17) is 21.1 Å². The van der Waals surface area contributed by atoms with Crippen molar-refractivity contribution in [3.05, 3.63) is 47.4 Å². The van der Waals surface area contributed by atoms with Gasteiger partial charge in [0.1, 0.15) is 0 Å². The minimum absolute atomic E-state index is 0.143. The summed E-state index contributed by atoms with van der Waals surface area (Å²) in [4.78, 5) is 33.3. The Kier molecular flexibility index (Phi) is 6.09. The highest BCUT2D eigenvalue weighted by Crippen LogP contribution is 2.27. The molecule has 0 aliphatic heterocycles. The SMILES string of the molecule is CCOC(=O)C(C)(C(=O)OCC)c1cnc(-c2ccc(Cl)cc2)cn1. The largest absolute Gasteiger partial charge is 0.465 e. The first kappa shape index (κ1) is 18.9. The van der Waals surface area contributed by atoms with Crippen molar-refractivity contribution in [1.29, 1.82) is 0 Å². The summed E-state index contributed by atoms with van der Waals surface area (Å²) in [6, 6.07) is 7.10. The average Bonchev–Trinajstić information content (AvgIpc) is 2.62. The fourth-order valence-electron chi connectivity index (χ4n) is 2.20. The van der Waals surface area contributed by atoms with E-state index in [1.54, 1.807) is 26.0 Å². The van der Waals surface area contributed by atoms with Crippen LogP contribution in [0, 0.1) is 0 Å². The fraction of sp³-hybridized carbons (Fsp3) is 0.333. The van der Waals surface area contributed by atoms with E-state index in [9.17, 15) is 9.59 Å². The van der Waals surface area contributed by atoms with Gasteiger partial charge in [0.2, 0.25) is 5.41 Å². The second-order valence-corrected chi connectivity index (χ2v) is 5.80. The van der Waals surface area contributed by atoms with Gasteiger partial charge < -0.3 is 9.47 Å². The number of rotatable bonds is 6. The van der Waals surface area contributed by atoms with E-state index >= 15 is 0 Å². The van der Waals surface area contributed by atoms with Crippen molar-refractivity contribution in [3.8, 4) is 11.3 Å². The zero-order valence-electron chi connectivity index (χ0n) is 14.3. The smallest absolute Gasteiger partial charge is 0.329 e. The number of ether oxygens (including phenoxy) is 2. The quantitative estimate of drug-likeness (QED) is 0.580. The van der Waals surface area contributed by atoms with Gasteiger partial charge in [-0.15, -0.1) is 0 Å². The third kappa shape index (κ3) is 3.96. The summed E-state index contributed by atoms with van der Waals surface area (Å²) in [6.45, 7) is 5.04. The third-order valence-electron chi connectivity index (χ3n) is 3.67. The molecule has 0 aliphatic rings. The van der Waals surface area contributed by atoms with Crippen LogP contribution in [0.15, 0.2) is 36.7 Å². The van der Waals surface area contributed by atoms with Gasteiger partial charge in [0.05, 0.1) is 37.0 Å². The molecule has 0 aliphatic carbocycles. The van der Waals surface area contributed by atoms with Gasteiger partial charge in [-0.2, -0.15) is 0 Å². The van der Waals surface area contributed by atoms with Crippen LogP contribution in [0.4, 0.5) is 0 Å². The van der Waals surface area contributed by atoms with Crippen LogP contribution in [0.25, 0.3) is 11.3 Å². The van der Waals surface area contributed by atoms with Gasteiger partial charge in [0, 0.05) is 10.6 Å². The van der Waals surface area contributed by atoms with Crippen LogP contribution in [0.2, 0.25) is 5.02 Å². The Morgan fingerprint density at radius 3 is 2.00 bits per heavy atom. The number of carbonyl (C=O) groups excluding carboxylic acids is 2. The molecule has 0 radical (unpaired) electrons. The molecule has 25 heavy (non-hydrogen) atoms. The molecule has 0 fully saturated rings. The Morgan fingerprint density at radius 1 is 1.00 bits per heavy atom. The number of halogens is 1. The number of esters is 2. The Balaban J connectivity index is 2.39. The minimum Gasteiger partial charge on any atom is -0.465 e. The molecule has 0 bridgehead atoms. The van der Waals surface area contributed by atoms with Crippen LogP contribution < -0.4 is 0 Å². The van der Waals surface area contributed by atoms with Gasteiger partial charge in [-0.1, -0.05) is 23.7 Å². The van der Waals surface area contributed by atoms with E-state index < -0.39 is 17.4 Å². The van der Waals surface area contributed by atoms with Gasteiger partial charge in [-0.25, -0.2) is 0 Å². The summed E-state index contributed by atoms with van der Waals surface area (Å²) in [5.41, 5.74) is -0.0904. The first-order valence-electron chi connectivity index (χ1n) is 7.86. The number of aromatic nitrogens is 2. The number of carbonyl (C=O) groups is 2. The lowest BCUT2D eigenvalue weighted by Crippen LogP contribution is -2.44. The standard InChI is InChI=1S/C18H19ClN2O4/c1-4-24-16(22)18(3,17(23)25-5-2)15-11-20-14(10-21-15)12-6-8-13(19)9-7-12/h6-11H,4-5H2,1-3H3. The van der Waals surface area contributed by atoms with Crippen molar-refractivity contribution in [1.82, 2.24) is 9.97 Å². The molecular weight excluding hydrogens is 344 g/mol. The molecule has 0 atom stereocenters. The van der Waals surface area contributed by atoms with Crippen LogP contribution in [-0.4, -0.2) is 35.1 Å². The van der Waals surface area contributed by atoms with Crippen LogP contribution in [0.1, 0.15) is 26.5 Å². The minimum atomic E-state index is -1.67. The summed E-state index contributed by atoms with van der Waals surface area (Å²) in [7, 11) is 0. The summed E-state index contributed by atoms with van der Waals surface area (Å²) >= 11 is 5.87. The number of nitrogens with zero attached hydrogens (tertiary/aromatic N) is 2. The molecule has 1 aromatic heterocycles. The number of hydrogen-bond donors (Lipinski definition) is 0. The molecule has 0 saturated heterocycles. The molecule has 6 nitrogen and oxygen atoms in total. The van der Waals surface area contributed by atoms with Crippen LogP contribution >= 0.6 is 11.6 Å². The van der Waals surface area contributed by atoms with E-state index in [-0.39, 0.29) is 18.9 Å². The highest BCUT2D eigenvalue weighted by Gasteiger charge is 2.47. The Bertz CT molecular complexity index is 727. The number of benzene rings is 1. The van der Waals surface area contributed by atoms with Crippen LogP contribution in [-0.2, 0) is 24.5 Å². The summed E-state index contributed by atoms with van der Waals surface area (Å²) in [5.74, 6) is -1.44. The molecule has 0 spiro atoms. The van der Waals surface area contributed by atoms with Gasteiger partial charge in [-0.3, -0.25) is 19.6 Å². The molecule has 7 heteroatoms. The molecule has 1 aromatic carbocycles. The highest BCUT2D eigenvalue weighted by atomic mass is 35.5. The van der Waals surface area contributed by atoms with Gasteiger partial charge in [0.15, 0.2) is 0 Å². The van der Waals surface area contributed by atoms with Gasteiger partial charge in [0.25, 0.3) is 0 Å².